The first-order chi connectivity index (χ1) is 13.0. The van der Waals surface area contributed by atoms with Gasteiger partial charge in [-0.25, -0.2) is 8.42 Å². The van der Waals surface area contributed by atoms with E-state index >= 15 is 0 Å². The molecule has 0 spiro atoms. The summed E-state index contributed by atoms with van der Waals surface area (Å²) in [4.78, 5) is 11.1. The minimum atomic E-state index is -4.60. The van der Waals surface area contributed by atoms with Gasteiger partial charge in [-0.1, -0.05) is 17.7 Å². The number of anilines is 1. The van der Waals surface area contributed by atoms with E-state index in [1.54, 1.807) is 6.92 Å². The molecule has 0 unspecified atom stereocenters. The third kappa shape index (κ3) is 5.77. The van der Waals surface area contributed by atoms with Crippen LogP contribution in [0.3, 0.4) is 0 Å². The molecule has 152 valence electrons. The lowest BCUT2D eigenvalue weighted by Crippen LogP contribution is -2.28. The first-order valence-electron chi connectivity index (χ1n) is 7.92. The molecule has 0 aliphatic rings. The van der Waals surface area contributed by atoms with Crippen molar-refractivity contribution in [2.75, 3.05) is 17.9 Å². The molecule has 0 fully saturated rings. The van der Waals surface area contributed by atoms with E-state index in [2.05, 4.69) is 10.0 Å². The lowest BCUT2D eigenvalue weighted by Gasteiger charge is -2.13. The van der Waals surface area contributed by atoms with Gasteiger partial charge in [0.1, 0.15) is 5.75 Å². The van der Waals surface area contributed by atoms with Crippen molar-refractivity contribution in [3.05, 3.63) is 53.1 Å². The third-order valence-corrected chi connectivity index (χ3v) is 5.06. The number of alkyl halides is 3. The van der Waals surface area contributed by atoms with Crippen LogP contribution in [0.1, 0.15) is 12.5 Å². The van der Waals surface area contributed by atoms with Gasteiger partial charge in [-0.2, -0.15) is 13.2 Å². The van der Waals surface area contributed by atoms with Gasteiger partial charge < -0.3 is 10.1 Å². The summed E-state index contributed by atoms with van der Waals surface area (Å²) in [5, 5.41) is 2.45. The van der Waals surface area contributed by atoms with Crippen LogP contribution < -0.4 is 14.8 Å². The van der Waals surface area contributed by atoms with Crippen molar-refractivity contribution in [3.63, 3.8) is 0 Å². The van der Waals surface area contributed by atoms with Crippen molar-refractivity contribution in [1.29, 1.82) is 0 Å². The summed E-state index contributed by atoms with van der Waals surface area (Å²) in [5.74, 6) is -0.285. The van der Waals surface area contributed by atoms with Crippen LogP contribution in [0.2, 0.25) is 5.02 Å². The van der Waals surface area contributed by atoms with Gasteiger partial charge in [-0.15, -0.1) is 0 Å². The van der Waals surface area contributed by atoms with Crippen LogP contribution in [0.25, 0.3) is 0 Å². The van der Waals surface area contributed by atoms with E-state index in [9.17, 15) is 26.4 Å². The van der Waals surface area contributed by atoms with Crippen molar-refractivity contribution in [2.45, 2.75) is 18.0 Å². The van der Waals surface area contributed by atoms with E-state index in [0.717, 1.165) is 24.3 Å². The van der Waals surface area contributed by atoms with Gasteiger partial charge in [0.25, 0.3) is 15.9 Å². The molecule has 2 N–H and O–H groups in total. The van der Waals surface area contributed by atoms with Crippen LogP contribution in [0, 0.1) is 0 Å². The zero-order chi connectivity index (χ0) is 20.9. The van der Waals surface area contributed by atoms with E-state index in [1.165, 1.54) is 12.1 Å². The second kappa shape index (κ2) is 8.70. The summed E-state index contributed by atoms with van der Waals surface area (Å²) >= 11 is 5.99. The zero-order valence-electron chi connectivity index (χ0n) is 14.5. The Bertz CT molecular complexity index is 965. The number of benzene rings is 2. The molecule has 0 heterocycles. The quantitative estimate of drug-likeness (QED) is 0.693. The molecule has 0 aliphatic carbocycles. The smallest absolute Gasteiger partial charge is 0.416 e. The van der Waals surface area contributed by atoms with Gasteiger partial charge in [-0.05, 0) is 43.3 Å². The maximum absolute atomic E-state index is 12.8. The minimum Gasteiger partial charge on any atom is -0.482 e. The summed E-state index contributed by atoms with van der Waals surface area (Å²) in [7, 11) is -4.19. The van der Waals surface area contributed by atoms with E-state index in [1.807, 2.05) is 0 Å². The summed E-state index contributed by atoms with van der Waals surface area (Å²) < 4.78 is 70.4. The number of carbonyl (C=O) groups excluding carboxylic acids is 1. The Hall–Kier alpha value is -2.46. The molecule has 0 atom stereocenters. The SMILES string of the molecule is CCNC(=O)COc1ccc(S(=O)(=O)Nc2cccc(C(F)(F)F)c2)cc1Cl. The monoisotopic (exact) mass is 436 g/mol. The molecule has 0 aromatic heterocycles. The number of likely N-dealkylation sites (N-methyl/N-ethyl adjacent to an activating group) is 1. The predicted molar refractivity (Wildman–Crippen MR) is 97.9 cm³/mol. The Labute approximate surface area is 164 Å². The molecule has 1 amide bonds. The number of hydrogen-bond donors (Lipinski definition) is 2. The number of rotatable bonds is 7. The van der Waals surface area contributed by atoms with Crippen LogP contribution in [0.5, 0.6) is 5.75 Å². The first kappa shape index (κ1) is 21.8. The van der Waals surface area contributed by atoms with Gasteiger partial charge in [-0.3, -0.25) is 9.52 Å². The molecule has 2 aromatic rings. The van der Waals surface area contributed by atoms with Gasteiger partial charge >= 0.3 is 6.18 Å². The highest BCUT2D eigenvalue weighted by Crippen LogP contribution is 2.32. The van der Waals surface area contributed by atoms with Crippen LogP contribution in [-0.4, -0.2) is 27.5 Å². The number of halogens is 4. The van der Waals surface area contributed by atoms with Gasteiger partial charge in [0.15, 0.2) is 6.61 Å². The highest BCUT2D eigenvalue weighted by molar-refractivity contribution is 7.92. The number of nitrogens with one attached hydrogen (secondary N) is 2. The maximum Gasteiger partial charge on any atom is 0.416 e. The molecule has 2 aromatic carbocycles. The standard InChI is InChI=1S/C17H16ClF3N2O4S/c1-2-22-16(24)10-27-15-7-6-13(9-14(15)18)28(25,26)23-12-5-3-4-11(8-12)17(19,20)21/h3-9,23H,2,10H2,1H3,(H,22,24). The molecule has 0 radical (unpaired) electrons. The fourth-order valence-corrected chi connectivity index (χ4v) is 3.51. The van der Waals surface area contributed by atoms with Crippen molar-refractivity contribution in [2.24, 2.45) is 0 Å². The second-order valence-corrected chi connectivity index (χ2v) is 7.61. The predicted octanol–water partition coefficient (Wildman–Crippen LogP) is 3.67. The van der Waals surface area contributed by atoms with Crippen molar-refractivity contribution in [1.82, 2.24) is 5.32 Å². The Kier molecular flexibility index (Phi) is 6.78. The molecule has 0 saturated carbocycles. The largest absolute Gasteiger partial charge is 0.482 e. The number of carbonyl (C=O) groups is 1. The van der Waals surface area contributed by atoms with Crippen LogP contribution in [0.4, 0.5) is 18.9 Å². The molecule has 28 heavy (non-hydrogen) atoms. The van der Waals surface area contributed by atoms with E-state index < -0.39 is 21.8 Å². The Morgan fingerprint density at radius 3 is 2.50 bits per heavy atom. The lowest BCUT2D eigenvalue weighted by molar-refractivity contribution is -0.137. The number of hydrogen-bond acceptors (Lipinski definition) is 4. The zero-order valence-corrected chi connectivity index (χ0v) is 16.1. The fourth-order valence-electron chi connectivity index (χ4n) is 2.13. The average Bonchev–Trinajstić information content (AvgIpc) is 2.60. The van der Waals surface area contributed by atoms with Gasteiger partial charge in [0.2, 0.25) is 0 Å². The van der Waals surface area contributed by atoms with Crippen LogP contribution in [0.15, 0.2) is 47.4 Å². The van der Waals surface area contributed by atoms with Gasteiger partial charge in [0.05, 0.1) is 15.5 Å². The van der Waals surface area contributed by atoms with Crippen LogP contribution >= 0.6 is 11.6 Å². The number of sulfonamides is 1. The van der Waals surface area contributed by atoms with Crippen molar-refractivity contribution in [3.8, 4) is 5.75 Å². The summed E-state index contributed by atoms with van der Waals surface area (Å²) in [6.07, 6.45) is -4.60. The van der Waals surface area contributed by atoms with E-state index in [0.29, 0.717) is 12.6 Å². The Balaban J connectivity index is 2.18. The van der Waals surface area contributed by atoms with Crippen molar-refractivity contribution >= 4 is 33.2 Å². The lowest BCUT2D eigenvalue weighted by atomic mass is 10.2. The molecule has 0 aliphatic heterocycles. The highest BCUT2D eigenvalue weighted by atomic mass is 35.5. The van der Waals surface area contributed by atoms with Crippen molar-refractivity contribution < 1.29 is 31.1 Å². The van der Waals surface area contributed by atoms with E-state index in [4.69, 9.17) is 16.3 Å². The first-order valence-corrected chi connectivity index (χ1v) is 9.78. The average molecular weight is 437 g/mol. The van der Waals surface area contributed by atoms with E-state index in [-0.39, 0.29) is 33.9 Å². The molecule has 2 rings (SSSR count). The van der Waals surface area contributed by atoms with Crippen LogP contribution in [-0.2, 0) is 21.0 Å². The summed E-state index contributed by atoms with van der Waals surface area (Å²) in [6.45, 7) is 1.86. The minimum absolute atomic E-state index is 0.0729. The topological polar surface area (TPSA) is 84.5 Å². The molecule has 6 nitrogen and oxygen atoms in total. The third-order valence-electron chi connectivity index (χ3n) is 3.39. The number of amides is 1. The highest BCUT2D eigenvalue weighted by Gasteiger charge is 2.30. The molecular formula is C17H16ClF3N2O4S. The molecule has 0 saturated heterocycles. The maximum atomic E-state index is 12.8. The summed E-state index contributed by atoms with van der Waals surface area (Å²) in [6, 6.07) is 7.28. The Morgan fingerprint density at radius 2 is 1.89 bits per heavy atom. The number of ether oxygens (including phenoxy) is 1. The summed E-state index contributed by atoms with van der Waals surface area (Å²) in [5.41, 5.74) is -1.23. The second-order valence-electron chi connectivity index (χ2n) is 5.52. The molecule has 11 heteroatoms. The molecule has 0 bridgehead atoms. The van der Waals surface area contributed by atoms with Gasteiger partial charge in [0, 0.05) is 12.2 Å². The normalized spacial score (nSPS) is 11.8. The fraction of sp³-hybridized carbons (Fsp3) is 0.235. The Morgan fingerprint density at radius 1 is 1.18 bits per heavy atom. The molecular weight excluding hydrogens is 421 g/mol.